The summed E-state index contributed by atoms with van der Waals surface area (Å²) in [5.74, 6) is 1.62. The highest BCUT2D eigenvalue weighted by Crippen LogP contribution is 2.45. The van der Waals surface area contributed by atoms with Crippen LogP contribution in [0, 0.1) is 0 Å². The fraction of sp³-hybridized carbons (Fsp3) is 0.111. The molecule has 0 saturated heterocycles. The molecule has 1 heterocycles. The Kier molecular flexibility index (Phi) is 6.83. The first-order chi connectivity index (χ1) is 20.6. The molecule has 6 heteroatoms. The molecule has 0 aliphatic heterocycles. The number of fused-ring (bicyclic) bond motifs is 7. The van der Waals surface area contributed by atoms with Crippen molar-refractivity contribution in [3.63, 3.8) is 0 Å². The second-order valence-electron chi connectivity index (χ2n) is 10.3. The first-order valence-electron chi connectivity index (χ1n) is 13.8. The van der Waals surface area contributed by atoms with Crippen LogP contribution in [0.4, 0.5) is 0 Å². The fourth-order valence-electron chi connectivity index (χ4n) is 5.78. The third kappa shape index (κ3) is 4.57. The smallest absolute Gasteiger partial charge is 0.310 e. The van der Waals surface area contributed by atoms with Crippen LogP contribution in [0.15, 0.2) is 130 Å². The maximum absolute atomic E-state index is 6.89. The normalized spacial score (nSPS) is 11.6. The fourth-order valence-corrected chi connectivity index (χ4v) is 7.17. The van der Waals surface area contributed by atoms with E-state index in [1.807, 2.05) is 24.3 Å². The topological polar surface area (TPSA) is 48.0 Å². The van der Waals surface area contributed by atoms with Gasteiger partial charge in [-0.1, -0.05) is 84.9 Å². The molecule has 0 N–H and O–H groups in total. The minimum absolute atomic E-state index is 0.154. The van der Waals surface area contributed by atoms with Crippen LogP contribution in [0.1, 0.15) is 17.2 Å². The summed E-state index contributed by atoms with van der Waals surface area (Å²) in [6, 6.07) is 41.5. The predicted octanol–water partition coefficient (Wildman–Crippen LogP) is 9.97. The lowest BCUT2D eigenvalue weighted by Crippen LogP contribution is -2.22. The minimum atomic E-state index is -1.58. The third-order valence-electron chi connectivity index (χ3n) is 7.88. The molecule has 7 aromatic rings. The first-order valence-corrected chi connectivity index (χ1v) is 15.0. The van der Waals surface area contributed by atoms with Crippen molar-refractivity contribution in [2.24, 2.45) is 0 Å². The second-order valence-corrected chi connectivity index (χ2v) is 11.7. The van der Waals surface area contributed by atoms with Gasteiger partial charge in [-0.05, 0) is 69.1 Å². The summed E-state index contributed by atoms with van der Waals surface area (Å²) in [6.45, 7) is 0. The van der Waals surface area contributed by atoms with Gasteiger partial charge in [0.25, 0.3) is 0 Å². The Morgan fingerprint density at radius 2 is 0.976 bits per heavy atom. The molecular weight excluding hydrogens is 541 g/mol. The zero-order valence-corrected chi connectivity index (χ0v) is 24.5. The summed E-state index contributed by atoms with van der Waals surface area (Å²) in [7, 11) is 3.85. The Morgan fingerprint density at radius 1 is 0.548 bits per heavy atom. The molecule has 5 nitrogen and oxygen atoms in total. The van der Waals surface area contributed by atoms with Crippen LogP contribution in [-0.4, -0.2) is 21.3 Å². The van der Waals surface area contributed by atoms with Crippen molar-refractivity contribution in [1.82, 2.24) is 0 Å². The van der Waals surface area contributed by atoms with Crippen LogP contribution < -0.4 is 14.1 Å². The minimum Gasteiger partial charge on any atom is -0.497 e. The number of methoxy groups -OCH3 is 2. The first kappa shape index (κ1) is 26.2. The quantitative estimate of drug-likeness (QED) is 0.199. The monoisotopic (exact) mass is 571 g/mol. The Labute approximate surface area is 245 Å². The van der Waals surface area contributed by atoms with Crippen LogP contribution in [0.5, 0.6) is 11.5 Å². The standard InChI is InChI=1S/C36H30NO4P/c1-37(36(26-12-18-28(38-2)19-13-26)27-14-20-29(39-3)21-15-27)42-40-32-22-16-24-8-4-6-10-30(24)34(32)35-31-11-7-5-9-25(31)17-23-33(35)41-42/h4-23,36H,1-3H3. The molecule has 0 aliphatic rings. The highest BCUT2D eigenvalue weighted by atomic mass is 31.1. The van der Waals surface area contributed by atoms with Gasteiger partial charge in [0, 0.05) is 17.8 Å². The molecular formula is C36H30NO4P. The molecule has 0 atom stereocenters. The Hall–Kier alpha value is -4.70. The van der Waals surface area contributed by atoms with Gasteiger partial charge in [-0.25, -0.2) is 0 Å². The van der Waals surface area contributed by atoms with E-state index in [0.717, 1.165) is 66.1 Å². The van der Waals surface area contributed by atoms with E-state index in [1.165, 1.54) is 0 Å². The highest BCUT2D eigenvalue weighted by molar-refractivity contribution is 7.39. The zero-order chi connectivity index (χ0) is 28.6. The molecule has 6 aromatic carbocycles. The molecule has 0 unspecified atom stereocenters. The van der Waals surface area contributed by atoms with Gasteiger partial charge in [0.2, 0.25) is 0 Å². The summed E-state index contributed by atoms with van der Waals surface area (Å²) >= 11 is 0. The van der Waals surface area contributed by atoms with Crippen molar-refractivity contribution >= 4 is 51.6 Å². The number of ether oxygens (including phenoxy) is 2. The summed E-state index contributed by atoms with van der Waals surface area (Å²) in [5.41, 5.74) is 3.81. The number of rotatable bonds is 6. The lowest BCUT2D eigenvalue weighted by atomic mass is 9.98. The van der Waals surface area contributed by atoms with E-state index in [-0.39, 0.29) is 6.04 Å². The second kappa shape index (κ2) is 10.9. The maximum Gasteiger partial charge on any atom is 0.310 e. The van der Waals surface area contributed by atoms with Gasteiger partial charge in [-0.3, -0.25) is 0 Å². The molecule has 208 valence electrons. The molecule has 0 fully saturated rings. The van der Waals surface area contributed by atoms with Gasteiger partial charge in [0.05, 0.1) is 20.3 Å². The molecule has 0 aliphatic carbocycles. The largest absolute Gasteiger partial charge is 0.497 e. The van der Waals surface area contributed by atoms with Gasteiger partial charge in [-0.2, -0.15) is 4.67 Å². The predicted molar refractivity (Wildman–Crippen MR) is 173 cm³/mol. The van der Waals surface area contributed by atoms with Crippen LogP contribution in [0.2, 0.25) is 0 Å². The molecule has 0 bridgehead atoms. The van der Waals surface area contributed by atoms with Gasteiger partial charge in [0.15, 0.2) is 0 Å². The molecule has 42 heavy (non-hydrogen) atoms. The molecule has 0 radical (unpaired) electrons. The van der Waals surface area contributed by atoms with Crippen molar-refractivity contribution in [3.05, 3.63) is 132 Å². The van der Waals surface area contributed by atoms with E-state index in [2.05, 4.69) is 109 Å². The highest BCUT2D eigenvalue weighted by Gasteiger charge is 2.25. The van der Waals surface area contributed by atoms with E-state index in [1.54, 1.807) is 14.2 Å². The summed E-state index contributed by atoms with van der Waals surface area (Å²) < 4.78 is 26.9. The van der Waals surface area contributed by atoms with Crippen LogP contribution in [0.3, 0.4) is 0 Å². The molecule has 7 rings (SSSR count). The van der Waals surface area contributed by atoms with Gasteiger partial charge in [-0.15, -0.1) is 0 Å². The van der Waals surface area contributed by atoms with Crippen LogP contribution >= 0.6 is 8.16 Å². The van der Waals surface area contributed by atoms with Crippen LogP contribution in [-0.2, 0) is 0 Å². The van der Waals surface area contributed by atoms with Crippen molar-refractivity contribution in [2.75, 3.05) is 25.9 Å². The number of hydrogen-bond acceptors (Lipinski definition) is 5. The van der Waals surface area contributed by atoms with E-state index in [9.17, 15) is 0 Å². The van der Waals surface area contributed by atoms with E-state index in [0.29, 0.717) is 0 Å². The van der Waals surface area contributed by atoms with E-state index >= 15 is 0 Å². The lowest BCUT2D eigenvalue weighted by Gasteiger charge is -2.26. The van der Waals surface area contributed by atoms with Crippen molar-refractivity contribution < 1.29 is 17.9 Å². The molecule has 0 amide bonds. The van der Waals surface area contributed by atoms with Gasteiger partial charge < -0.3 is 17.9 Å². The zero-order valence-electron chi connectivity index (χ0n) is 23.7. The molecule has 0 spiro atoms. The SMILES string of the molecule is COc1ccc(C(c2ccc(OC)cc2)N(C)p2oc3ccc4ccccc4c3c3c(ccc4ccccc43)o2)cc1. The van der Waals surface area contributed by atoms with Gasteiger partial charge >= 0.3 is 8.16 Å². The number of hydrogen-bond donors (Lipinski definition) is 0. The Balaban J connectivity index is 1.52. The third-order valence-corrected chi connectivity index (χ3v) is 9.33. The van der Waals surface area contributed by atoms with Crippen molar-refractivity contribution in [3.8, 4) is 11.5 Å². The number of benzene rings is 6. The Bertz CT molecular complexity index is 1940. The van der Waals surface area contributed by atoms with Crippen molar-refractivity contribution in [1.29, 1.82) is 0 Å². The average Bonchev–Trinajstić information content (AvgIpc) is 3.23. The van der Waals surface area contributed by atoms with E-state index in [4.69, 9.17) is 17.9 Å². The lowest BCUT2D eigenvalue weighted by molar-refractivity contribution is 0.414. The average molecular weight is 572 g/mol. The summed E-state index contributed by atoms with van der Waals surface area (Å²) in [6.07, 6.45) is 0. The Morgan fingerprint density at radius 3 is 1.40 bits per heavy atom. The maximum atomic E-state index is 6.89. The van der Waals surface area contributed by atoms with Gasteiger partial charge in [0.1, 0.15) is 22.7 Å². The van der Waals surface area contributed by atoms with Crippen LogP contribution in [0.25, 0.3) is 43.5 Å². The molecule has 1 aromatic heterocycles. The number of nitrogens with zero attached hydrogens (tertiary/aromatic N) is 1. The van der Waals surface area contributed by atoms with E-state index < -0.39 is 8.16 Å². The van der Waals surface area contributed by atoms with Crippen molar-refractivity contribution in [2.45, 2.75) is 6.04 Å². The molecule has 0 saturated carbocycles. The summed E-state index contributed by atoms with van der Waals surface area (Å²) in [4.78, 5) is 0. The summed E-state index contributed by atoms with van der Waals surface area (Å²) in [5, 5.41) is 6.71.